The Morgan fingerprint density at radius 1 is 0.800 bits per heavy atom. The lowest BCUT2D eigenvalue weighted by molar-refractivity contribution is 0.178. The molecule has 0 saturated heterocycles. The first kappa shape index (κ1) is 15.0. The van der Waals surface area contributed by atoms with Crippen molar-refractivity contribution < 1.29 is 0 Å². The largest absolute Gasteiger partial charge is 0.0651 e. The van der Waals surface area contributed by atoms with Gasteiger partial charge < -0.3 is 0 Å². The van der Waals surface area contributed by atoms with E-state index in [-0.39, 0.29) is 0 Å². The van der Waals surface area contributed by atoms with Crippen molar-refractivity contribution in [2.24, 2.45) is 29.6 Å². The van der Waals surface area contributed by atoms with E-state index in [1.165, 1.54) is 19.3 Å². The number of hydrogen-bond donors (Lipinski definition) is 0. The zero-order chi connectivity index (χ0) is 12.0. The van der Waals surface area contributed by atoms with Gasteiger partial charge in [-0.1, -0.05) is 61.3 Å². The Kier molecular flexibility index (Phi) is 7.30. The van der Waals surface area contributed by atoms with Crippen molar-refractivity contribution in [3.8, 4) is 0 Å². The van der Waals surface area contributed by atoms with E-state index in [1.807, 2.05) is 0 Å². The van der Waals surface area contributed by atoms with Crippen molar-refractivity contribution in [3.63, 3.8) is 0 Å². The van der Waals surface area contributed by atoms with Gasteiger partial charge in [0.25, 0.3) is 0 Å². The Morgan fingerprint density at radius 2 is 1.33 bits per heavy atom. The standard InChI is InChI=1S/C15H32/c1-8-13(6)15(10-9-11(2)3)14(7)12(4)5/h11-15H,8-10H2,1-7H3. The van der Waals surface area contributed by atoms with Crippen molar-refractivity contribution >= 4 is 0 Å². The van der Waals surface area contributed by atoms with Crippen LogP contribution in [-0.2, 0) is 0 Å². The van der Waals surface area contributed by atoms with Gasteiger partial charge in [-0.05, 0) is 36.0 Å². The summed E-state index contributed by atoms with van der Waals surface area (Å²) in [6.45, 7) is 16.6. The molecule has 0 nitrogen and oxygen atoms in total. The van der Waals surface area contributed by atoms with Crippen molar-refractivity contribution in [2.75, 3.05) is 0 Å². The topological polar surface area (TPSA) is 0 Å². The van der Waals surface area contributed by atoms with Gasteiger partial charge in [-0.3, -0.25) is 0 Å². The first-order valence-corrected chi connectivity index (χ1v) is 6.90. The van der Waals surface area contributed by atoms with Crippen molar-refractivity contribution in [2.45, 2.75) is 67.7 Å². The lowest BCUT2D eigenvalue weighted by Crippen LogP contribution is -2.24. The van der Waals surface area contributed by atoms with Gasteiger partial charge in [0, 0.05) is 0 Å². The monoisotopic (exact) mass is 212 g/mol. The van der Waals surface area contributed by atoms with Crippen LogP contribution in [0.4, 0.5) is 0 Å². The third-order valence-electron chi connectivity index (χ3n) is 4.18. The lowest BCUT2D eigenvalue weighted by Gasteiger charge is -2.32. The summed E-state index contributed by atoms with van der Waals surface area (Å²) in [5, 5.41) is 0. The molecule has 0 amide bonds. The summed E-state index contributed by atoms with van der Waals surface area (Å²) in [5.74, 6) is 4.38. The van der Waals surface area contributed by atoms with Crippen LogP contribution in [0.25, 0.3) is 0 Å². The van der Waals surface area contributed by atoms with E-state index in [1.54, 1.807) is 0 Å². The van der Waals surface area contributed by atoms with Crippen LogP contribution in [-0.4, -0.2) is 0 Å². The summed E-state index contributed by atoms with van der Waals surface area (Å²) in [7, 11) is 0. The van der Waals surface area contributed by atoms with Crippen molar-refractivity contribution in [3.05, 3.63) is 0 Å². The van der Waals surface area contributed by atoms with E-state index in [4.69, 9.17) is 0 Å². The Balaban J connectivity index is 4.30. The molecule has 0 aliphatic heterocycles. The van der Waals surface area contributed by atoms with Crippen LogP contribution in [0, 0.1) is 29.6 Å². The van der Waals surface area contributed by atoms with E-state index in [0.717, 1.165) is 29.6 Å². The molecule has 0 fully saturated rings. The predicted octanol–water partition coefficient (Wildman–Crippen LogP) is 5.38. The van der Waals surface area contributed by atoms with Crippen LogP contribution in [0.15, 0.2) is 0 Å². The smallest absolute Gasteiger partial charge is 0.0360 e. The second-order valence-corrected chi connectivity index (χ2v) is 6.12. The van der Waals surface area contributed by atoms with E-state index < -0.39 is 0 Å². The average Bonchev–Trinajstić information content (AvgIpc) is 2.16. The molecule has 0 N–H and O–H groups in total. The molecule has 0 saturated carbocycles. The quantitative estimate of drug-likeness (QED) is 0.531. The molecule has 3 atom stereocenters. The van der Waals surface area contributed by atoms with E-state index in [9.17, 15) is 0 Å². The summed E-state index contributed by atoms with van der Waals surface area (Å²) < 4.78 is 0. The fraction of sp³-hybridized carbons (Fsp3) is 1.00. The highest BCUT2D eigenvalue weighted by Crippen LogP contribution is 2.33. The fourth-order valence-electron chi connectivity index (χ4n) is 2.39. The Labute approximate surface area is 97.8 Å². The van der Waals surface area contributed by atoms with Gasteiger partial charge in [-0.2, -0.15) is 0 Å². The van der Waals surface area contributed by atoms with Gasteiger partial charge in [0.2, 0.25) is 0 Å². The van der Waals surface area contributed by atoms with Gasteiger partial charge in [-0.25, -0.2) is 0 Å². The van der Waals surface area contributed by atoms with Crippen LogP contribution in [0.1, 0.15) is 67.7 Å². The van der Waals surface area contributed by atoms with Gasteiger partial charge in [0.15, 0.2) is 0 Å². The molecule has 0 aromatic rings. The van der Waals surface area contributed by atoms with Gasteiger partial charge >= 0.3 is 0 Å². The van der Waals surface area contributed by atoms with E-state index in [2.05, 4.69) is 48.5 Å². The minimum absolute atomic E-state index is 0.830. The number of hydrogen-bond acceptors (Lipinski definition) is 0. The minimum atomic E-state index is 0.830. The molecule has 92 valence electrons. The maximum absolute atomic E-state index is 2.45. The van der Waals surface area contributed by atoms with Gasteiger partial charge in [-0.15, -0.1) is 0 Å². The van der Waals surface area contributed by atoms with Gasteiger partial charge in [0.05, 0.1) is 0 Å². The molecule has 0 aliphatic rings. The molecule has 0 aliphatic carbocycles. The summed E-state index contributed by atoms with van der Waals surface area (Å²) in [6, 6.07) is 0. The summed E-state index contributed by atoms with van der Waals surface area (Å²) >= 11 is 0. The molecular formula is C15H32. The molecule has 0 bridgehead atoms. The van der Waals surface area contributed by atoms with E-state index in [0.29, 0.717) is 0 Å². The van der Waals surface area contributed by atoms with Crippen LogP contribution in [0.2, 0.25) is 0 Å². The molecule has 0 aromatic carbocycles. The van der Waals surface area contributed by atoms with Crippen LogP contribution in [0.5, 0.6) is 0 Å². The second-order valence-electron chi connectivity index (χ2n) is 6.12. The predicted molar refractivity (Wildman–Crippen MR) is 71.0 cm³/mol. The zero-order valence-corrected chi connectivity index (χ0v) is 12.0. The average molecular weight is 212 g/mol. The molecular weight excluding hydrogens is 180 g/mol. The maximum Gasteiger partial charge on any atom is -0.0360 e. The molecule has 0 heteroatoms. The first-order valence-electron chi connectivity index (χ1n) is 6.90. The molecule has 0 radical (unpaired) electrons. The van der Waals surface area contributed by atoms with Crippen LogP contribution in [0.3, 0.4) is 0 Å². The SMILES string of the molecule is CCC(C)C(CCC(C)C)C(C)C(C)C. The normalized spacial score (nSPS) is 18.2. The second kappa shape index (κ2) is 7.30. The lowest BCUT2D eigenvalue weighted by atomic mass is 9.74. The van der Waals surface area contributed by atoms with E-state index >= 15 is 0 Å². The maximum atomic E-state index is 2.45. The Hall–Kier alpha value is 0. The zero-order valence-electron chi connectivity index (χ0n) is 12.0. The summed E-state index contributed by atoms with van der Waals surface area (Å²) in [5.41, 5.74) is 0. The van der Waals surface area contributed by atoms with Gasteiger partial charge in [0.1, 0.15) is 0 Å². The molecule has 3 unspecified atom stereocenters. The molecule has 0 spiro atoms. The van der Waals surface area contributed by atoms with Crippen LogP contribution >= 0.6 is 0 Å². The molecule has 0 aromatic heterocycles. The first-order chi connectivity index (χ1) is 6.90. The van der Waals surface area contributed by atoms with Crippen LogP contribution < -0.4 is 0 Å². The molecule has 0 rings (SSSR count). The Morgan fingerprint density at radius 3 is 1.67 bits per heavy atom. The molecule has 15 heavy (non-hydrogen) atoms. The highest BCUT2D eigenvalue weighted by Gasteiger charge is 2.24. The third kappa shape index (κ3) is 5.58. The fourth-order valence-corrected chi connectivity index (χ4v) is 2.39. The highest BCUT2D eigenvalue weighted by atomic mass is 14.3. The summed E-state index contributed by atoms with van der Waals surface area (Å²) in [4.78, 5) is 0. The summed E-state index contributed by atoms with van der Waals surface area (Å²) in [6.07, 6.45) is 4.15. The van der Waals surface area contributed by atoms with Crippen molar-refractivity contribution in [1.82, 2.24) is 0 Å². The minimum Gasteiger partial charge on any atom is -0.0651 e. The van der Waals surface area contributed by atoms with Crippen molar-refractivity contribution in [1.29, 1.82) is 0 Å². The number of rotatable bonds is 7. The Bertz CT molecular complexity index is 146. The third-order valence-corrected chi connectivity index (χ3v) is 4.18. The highest BCUT2D eigenvalue weighted by molar-refractivity contribution is 4.74. The molecule has 0 heterocycles.